The Bertz CT molecular complexity index is 371. The summed E-state index contributed by atoms with van der Waals surface area (Å²) in [5.41, 5.74) is 0. The molecule has 20 heavy (non-hydrogen) atoms. The first-order chi connectivity index (χ1) is 10.5. The standard InChI is InChI=1S/C18H30O2/c1-2-3-4-5-6-7-8-9-10-11-12-13-14-15-16-17-18(19)20/h3-4,6-7,10-11H,2,5,8-9,12-17H2,1H3,(H,19,20)/b4-3-,7-6-,11-10-/i17D2. The van der Waals surface area contributed by atoms with Crippen LogP contribution in [-0.2, 0) is 4.79 Å². The lowest BCUT2D eigenvalue weighted by atomic mass is 10.1. The molecule has 0 aromatic rings. The quantitative estimate of drug-likeness (QED) is 0.349. The third-order valence-electron chi connectivity index (χ3n) is 2.83. The maximum absolute atomic E-state index is 10.6. The average Bonchev–Trinajstić information content (AvgIpc) is 2.47. The lowest BCUT2D eigenvalue weighted by molar-refractivity contribution is -0.137. The first kappa shape index (κ1) is 15.1. The molecule has 0 fully saturated rings. The van der Waals surface area contributed by atoms with Gasteiger partial charge in [-0.2, -0.15) is 0 Å². The molecule has 0 atom stereocenters. The molecule has 0 unspecified atom stereocenters. The molecule has 0 aliphatic heterocycles. The third kappa shape index (κ3) is 16.7. The highest BCUT2D eigenvalue weighted by atomic mass is 16.4. The van der Waals surface area contributed by atoms with Crippen LogP contribution in [0.1, 0.15) is 73.8 Å². The number of rotatable bonds is 13. The van der Waals surface area contributed by atoms with Crippen LogP contribution in [0.15, 0.2) is 36.5 Å². The van der Waals surface area contributed by atoms with E-state index in [0.29, 0.717) is 6.42 Å². The van der Waals surface area contributed by atoms with E-state index in [4.69, 9.17) is 7.85 Å². The van der Waals surface area contributed by atoms with Crippen molar-refractivity contribution < 1.29 is 12.6 Å². The van der Waals surface area contributed by atoms with Crippen molar-refractivity contribution in [2.24, 2.45) is 0 Å². The highest BCUT2D eigenvalue weighted by Crippen LogP contribution is 2.06. The van der Waals surface area contributed by atoms with Crippen molar-refractivity contribution >= 4 is 5.97 Å². The molecule has 0 aliphatic carbocycles. The second-order valence-electron chi connectivity index (χ2n) is 4.72. The Kier molecular flexibility index (Phi) is 11.9. The summed E-state index contributed by atoms with van der Waals surface area (Å²) in [4.78, 5) is 10.6. The zero-order valence-corrected chi connectivity index (χ0v) is 12.7. The van der Waals surface area contributed by atoms with E-state index in [1.165, 1.54) is 0 Å². The molecular weight excluding hydrogens is 248 g/mol. The van der Waals surface area contributed by atoms with Crippen molar-refractivity contribution in [1.29, 1.82) is 0 Å². The summed E-state index contributed by atoms with van der Waals surface area (Å²) < 4.78 is 14.6. The largest absolute Gasteiger partial charge is 0.481 e. The number of carboxylic acid groups (broad SMARTS) is 1. The average molecular weight is 280 g/mol. The van der Waals surface area contributed by atoms with Gasteiger partial charge in [-0.3, -0.25) is 4.79 Å². The van der Waals surface area contributed by atoms with Crippen molar-refractivity contribution in [2.45, 2.75) is 71.1 Å². The highest BCUT2D eigenvalue weighted by molar-refractivity contribution is 5.66. The molecule has 0 aromatic carbocycles. The van der Waals surface area contributed by atoms with E-state index in [2.05, 4.69) is 43.4 Å². The Balaban J connectivity index is 3.45. The van der Waals surface area contributed by atoms with Gasteiger partial charge in [0.15, 0.2) is 0 Å². The molecule has 0 aromatic heterocycles. The van der Waals surface area contributed by atoms with Crippen molar-refractivity contribution in [3.63, 3.8) is 0 Å². The Morgan fingerprint density at radius 3 is 2.20 bits per heavy atom. The van der Waals surface area contributed by atoms with Gasteiger partial charge in [0.2, 0.25) is 0 Å². The molecule has 0 saturated heterocycles. The van der Waals surface area contributed by atoms with Crippen LogP contribution in [0.4, 0.5) is 0 Å². The smallest absolute Gasteiger partial charge is 0.303 e. The summed E-state index contributed by atoms with van der Waals surface area (Å²) in [6, 6.07) is 0. The minimum absolute atomic E-state index is 0.101. The zero-order chi connectivity index (χ0) is 16.7. The van der Waals surface area contributed by atoms with E-state index in [0.717, 1.165) is 44.9 Å². The first-order valence-corrected chi connectivity index (χ1v) is 7.69. The SMILES string of the molecule is [2H]C([2H])(CCCCC/C=C\CC/C=C\C/C=C\CC)C(=O)O. The van der Waals surface area contributed by atoms with Crippen molar-refractivity contribution in [3.05, 3.63) is 36.5 Å². The third-order valence-corrected chi connectivity index (χ3v) is 2.83. The summed E-state index contributed by atoms with van der Waals surface area (Å²) in [5, 5.41) is 8.65. The number of aliphatic carboxylic acids is 1. The molecule has 1 N–H and O–H groups in total. The van der Waals surface area contributed by atoms with Crippen LogP contribution in [-0.4, -0.2) is 11.1 Å². The molecule has 0 amide bonds. The van der Waals surface area contributed by atoms with Crippen LogP contribution in [0.25, 0.3) is 0 Å². The van der Waals surface area contributed by atoms with Gasteiger partial charge in [0, 0.05) is 9.11 Å². The van der Waals surface area contributed by atoms with Gasteiger partial charge >= 0.3 is 5.97 Å². The van der Waals surface area contributed by atoms with Gasteiger partial charge in [-0.1, -0.05) is 56.2 Å². The number of hydrogen-bond acceptors (Lipinski definition) is 1. The van der Waals surface area contributed by atoms with Gasteiger partial charge in [0.25, 0.3) is 0 Å². The Morgan fingerprint density at radius 1 is 0.900 bits per heavy atom. The van der Waals surface area contributed by atoms with Gasteiger partial charge in [-0.15, -0.1) is 0 Å². The van der Waals surface area contributed by atoms with E-state index >= 15 is 0 Å². The van der Waals surface area contributed by atoms with Crippen LogP contribution < -0.4 is 0 Å². The van der Waals surface area contributed by atoms with E-state index < -0.39 is 12.3 Å². The second kappa shape index (κ2) is 15.7. The number of allylic oxidation sites excluding steroid dienone is 6. The van der Waals surface area contributed by atoms with E-state index in [1.807, 2.05) is 0 Å². The van der Waals surface area contributed by atoms with Gasteiger partial charge < -0.3 is 5.11 Å². The van der Waals surface area contributed by atoms with Crippen molar-refractivity contribution in [1.82, 2.24) is 0 Å². The molecule has 0 heterocycles. The molecule has 114 valence electrons. The van der Waals surface area contributed by atoms with Crippen LogP contribution in [0, 0.1) is 0 Å². The maximum Gasteiger partial charge on any atom is 0.303 e. The molecule has 2 nitrogen and oxygen atoms in total. The minimum Gasteiger partial charge on any atom is -0.481 e. The molecule has 0 rings (SSSR count). The van der Waals surface area contributed by atoms with E-state index in [-0.39, 0.29) is 6.42 Å². The minimum atomic E-state index is -2.07. The van der Waals surface area contributed by atoms with Crippen molar-refractivity contribution in [3.8, 4) is 0 Å². The molecule has 2 heteroatoms. The van der Waals surface area contributed by atoms with Crippen LogP contribution in [0.2, 0.25) is 0 Å². The van der Waals surface area contributed by atoms with Gasteiger partial charge in [0.05, 0.1) is 0 Å². The number of carbonyl (C=O) groups is 1. The Morgan fingerprint density at radius 2 is 1.50 bits per heavy atom. The van der Waals surface area contributed by atoms with Gasteiger partial charge in [-0.05, 0) is 44.9 Å². The summed E-state index contributed by atoms with van der Waals surface area (Å²) in [6.45, 7) is 2.13. The lowest BCUT2D eigenvalue weighted by Crippen LogP contribution is -1.93. The zero-order valence-electron chi connectivity index (χ0n) is 14.7. The summed E-state index contributed by atoms with van der Waals surface area (Å²) in [7, 11) is 0. The highest BCUT2D eigenvalue weighted by Gasteiger charge is 1.95. The van der Waals surface area contributed by atoms with E-state index in [1.54, 1.807) is 0 Å². The molecule has 0 bridgehead atoms. The Hall–Kier alpha value is -1.31. The first-order valence-electron chi connectivity index (χ1n) is 8.69. The van der Waals surface area contributed by atoms with Crippen LogP contribution in [0.5, 0.6) is 0 Å². The number of unbranched alkanes of at least 4 members (excludes halogenated alkanes) is 4. The van der Waals surface area contributed by atoms with Gasteiger partial charge in [0.1, 0.15) is 0 Å². The lowest BCUT2D eigenvalue weighted by Gasteiger charge is -1.96. The second-order valence-corrected chi connectivity index (χ2v) is 4.72. The van der Waals surface area contributed by atoms with Gasteiger partial charge in [-0.25, -0.2) is 0 Å². The number of hydrogen-bond donors (Lipinski definition) is 1. The fourth-order valence-corrected chi connectivity index (χ4v) is 1.74. The number of carboxylic acids is 1. The van der Waals surface area contributed by atoms with Crippen molar-refractivity contribution in [2.75, 3.05) is 0 Å². The Labute approximate surface area is 127 Å². The molecule has 0 radical (unpaired) electrons. The molecular formula is C18H30O2. The molecule has 0 spiro atoms. The summed E-state index contributed by atoms with van der Waals surface area (Å²) in [5.74, 6) is -1.36. The predicted molar refractivity (Wildman–Crippen MR) is 86.9 cm³/mol. The fourth-order valence-electron chi connectivity index (χ4n) is 1.74. The normalized spacial score (nSPS) is 14.2. The summed E-state index contributed by atoms with van der Waals surface area (Å²) >= 11 is 0. The molecule has 0 saturated carbocycles. The predicted octanol–water partition coefficient (Wildman–Crippen LogP) is 5.66. The summed E-state index contributed by atoms with van der Waals surface area (Å²) in [6.07, 6.45) is 18.8. The fraction of sp³-hybridized carbons (Fsp3) is 0.611. The maximum atomic E-state index is 10.6. The monoisotopic (exact) mass is 280 g/mol. The molecule has 0 aliphatic rings. The van der Waals surface area contributed by atoms with Crippen LogP contribution >= 0.6 is 0 Å². The van der Waals surface area contributed by atoms with E-state index in [9.17, 15) is 4.79 Å². The van der Waals surface area contributed by atoms with Crippen LogP contribution in [0.3, 0.4) is 0 Å². The topological polar surface area (TPSA) is 37.3 Å².